The van der Waals surface area contributed by atoms with Gasteiger partial charge in [0, 0.05) is 17.5 Å². The highest BCUT2D eigenvalue weighted by molar-refractivity contribution is 5.58. The van der Waals surface area contributed by atoms with E-state index in [9.17, 15) is 28.5 Å². The van der Waals surface area contributed by atoms with Crippen LogP contribution in [0.15, 0.2) is 42.6 Å². The van der Waals surface area contributed by atoms with Crippen LogP contribution in [0.5, 0.6) is 5.75 Å². The summed E-state index contributed by atoms with van der Waals surface area (Å²) in [4.78, 5) is 0. The van der Waals surface area contributed by atoms with Gasteiger partial charge >= 0.3 is 0 Å². The van der Waals surface area contributed by atoms with Crippen molar-refractivity contribution in [2.75, 3.05) is 13.2 Å². The molecule has 3 N–H and O–H groups in total. The summed E-state index contributed by atoms with van der Waals surface area (Å²) in [6, 6.07) is 7.16. The SMILES string of the molecule is OC[C@H]1O[C@@]2(CCCO2)[C@H](OCc2ccccc2O)[C@@H](n2cc(-c3cc(F)c(F)c(F)c3)nn2)[C@H]1O. The Kier molecular flexibility index (Phi) is 6.70. The fraction of sp³-hybridized carbons (Fsp3) is 0.417. The van der Waals surface area contributed by atoms with Crippen LogP contribution < -0.4 is 0 Å². The molecule has 5 rings (SSSR count). The second-order valence-electron chi connectivity index (χ2n) is 8.78. The number of phenols is 1. The molecule has 0 aliphatic carbocycles. The first-order chi connectivity index (χ1) is 17.3. The number of para-hydroxylation sites is 1. The Bertz CT molecular complexity index is 1210. The summed E-state index contributed by atoms with van der Waals surface area (Å²) in [6.45, 7) is -0.228. The normalized spacial score (nSPS) is 28.1. The first-order valence-electron chi connectivity index (χ1n) is 11.4. The highest BCUT2D eigenvalue weighted by atomic mass is 19.2. The maximum absolute atomic E-state index is 13.8. The van der Waals surface area contributed by atoms with E-state index in [1.807, 2.05) is 0 Å². The minimum atomic E-state index is -1.60. The molecule has 0 bridgehead atoms. The molecule has 2 aliphatic heterocycles. The third-order valence-corrected chi connectivity index (χ3v) is 6.53. The van der Waals surface area contributed by atoms with Gasteiger partial charge < -0.3 is 29.5 Å². The molecule has 0 radical (unpaired) electrons. The van der Waals surface area contributed by atoms with Crippen LogP contribution >= 0.6 is 0 Å². The summed E-state index contributed by atoms with van der Waals surface area (Å²) in [7, 11) is 0. The largest absolute Gasteiger partial charge is 0.508 e. The Morgan fingerprint density at radius 3 is 2.58 bits per heavy atom. The van der Waals surface area contributed by atoms with E-state index < -0.39 is 54.2 Å². The number of benzene rings is 2. The monoisotopic (exact) mass is 507 g/mol. The van der Waals surface area contributed by atoms with Crippen LogP contribution in [0.1, 0.15) is 24.4 Å². The lowest BCUT2D eigenvalue weighted by Gasteiger charge is -2.49. The van der Waals surface area contributed by atoms with Crippen LogP contribution in [0.4, 0.5) is 13.2 Å². The first kappa shape index (κ1) is 24.7. The molecule has 2 aromatic carbocycles. The minimum absolute atomic E-state index is 0.0179. The molecule has 2 fully saturated rings. The third kappa shape index (κ3) is 4.35. The molecule has 2 aliphatic rings. The quantitative estimate of drug-likeness (QED) is 0.436. The lowest BCUT2D eigenvalue weighted by molar-refractivity contribution is -0.348. The van der Waals surface area contributed by atoms with Gasteiger partial charge in [-0.25, -0.2) is 17.9 Å². The number of aliphatic hydroxyl groups excluding tert-OH is 2. The Morgan fingerprint density at radius 2 is 1.92 bits per heavy atom. The van der Waals surface area contributed by atoms with Gasteiger partial charge in [-0.15, -0.1) is 5.10 Å². The molecule has 0 amide bonds. The molecule has 36 heavy (non-hydrogen) atoms. The smallest absolute Gasteiger partial charge is 0.197 e. The van der Waals surface area contributed by atoms with E-state index in [-0.39, 0.29) is 23.6 Å². The van der Waals surface area contributed by atoms with Crippen molar-refractivity contribution in [3.05, 3.63) is 65.6 Å². The zero-order valence-corrected chi connectivity index (χ0v) is 18.9. The van der Waals surface area contributed by atoms with E-state index in [2.05, 4.69) is 10.3 Å². The Morgan fingerprint density at radius 1 is 1.17 bits per heavy atom. The molecule has 192 valence electrons. The van der Waals surface area contributed by atoms with E-state index in [4.69, 9.17) is 14.2 Å². The number of halogens is 3. The number of rotatable bonds is 6. The molecule has 1 spiro atoms. The van der Waals surface area contributed by atoms with Crippen LogP contribution in [-0.2, 0) is 20.8 Å². The van der Waals surface area contributed by atoms with Gasteiger partial charge in [0.05, 0.1) is 26.0 Å². The van der Waals surface area contributed by atoms with Crippen molar-refractivity contribution in [2.45, 2.75) is 49.6 Å². The summed E-state index contributed by atoms with van der Waals surface area (Å²) >= 11 is 0. The average molecular weight is 507 g/mol. The van der Waals surface area contributed by atoms with Gasteiger partial charge in [-0.05, 0) is 24.6 Å². The summed E-state index contributed by atoms with van der Waals surface area (Å²) < 4.78 is 60.4. The van der Waals surface area contributed by atoms with E-state index in [1.165, 1.54) is 16.9 Å². The first-order valence-corrected chi connectivity index (χ1v) is 11.4. The van der Waals surface area contributed by atoms with Crippen molar-refractivity contribution in [1.82, 2.24) is 15.0 Å². The van der Waals surface area contributed by atoms with Gasteiger partial charge in [-0.2, -0.15) is 0 Å². The van der Waals surface area contributed by atoms with Crippen molar-refractivity contribution in [1.29, 1.82) is 0 Å². The van der Waals surface area contributed by atoms with Gasteiger partial charge in [0.15, 0.2) is 23.2 Å². The van der Waals surface area contributed by atoms with Crippen molar-refractivity contribution < 1.29 is 42.7 Å². The molecular weight excluding hydrogens is 483 g/mol. The van der Waals surface area contributed by atoms with Gasteiger partial charge in [0.1, 0.15) is 35.8 Å². The summed E-state index contributed by atoms with van der Waals surface area (Å²) in [5.41, 5.74) is 0.448. The van der Waals surface area contributed by atoms with Gasteiger partial charge in [-0.3, -0.25) is 0 Å². The van der Waals surface area contributed by atoms with Crippen LogP contribution in [0.3, 0.4) is 0 Å². The summed E-state index contributed by atoms with van der Waals surface area (Å²) in [5, 5.41) is 39.2. The fourth-order valence-electron chi connectivity index (χ4n) is 4.74. The molecule has 0 saturated carbocycles. The number of aromatic hydroxyl groups is 1. The summed E-state index contributed by atoms with van der Waals surface area (Å²) in [6.07, 6.45) is -1.00. The zero-order valence-electron chi connectivity index (χ0n) is 18.9. The molecule has 3 heterocycles. The molecular formula is C24H24F3N3O6. The van der Waals surface area contributed by atoms with Crippen LogP contribution in [-0.4, -0.2) is 67.6 Å². The minimum Gasteiger partial charge on any atom is -0.508 e. The van der Waals surface area contributed by atoms with E-state index in [0.29, 0.717) is 25.0 Å². The lowest BCUT2D eigenvalue weighted by atomic mass is 9.88. The maximum Gasteiger partial charge on any atom is 0.197 e. The lowest BCUT2D eigenvalue weighted by Crippen LogP contribution is -2.63. The number of aromatic nitrogens is 3. The van der Waals surface area contributed by atoms with Gasteiger partial charge in [0.25, 0.3) is 0 Å². The van der Waals surface area contributed by atoms with Crippen molar-refractivity contribution >= 4 is 0 Å². The Balaban J connectivity index is 1.52. The van der Waals surface area contributed by atoms with Crippen LogP contribution in [0.2, 0.25) is 0 Å². The van der Waals surface area contributed by atoms with Crippen LogP contribution in [0.25, 0.3) is 11.3 Å². The standard InChI is InChI=1S/C24H24F3N3O6/c25-15-8-14(9-16(26)20(15)27)17-10-30(29-28-17)21-22(33)19(11-31)36-24(6-3-7-35-24)23(21)34-12-13-4-1-2-5-18(13)32/h1-2,4-5,8-10,19,21-23,31-33H,3,6-7,11-12H2/t19-,21+,22+,23-,24+/m1/s1. The predicted octanol–water partition coefficient (Wildman–Crippen LogP) is 2.45. The fourth-order valence-corrected chi connectivity index (χ4v) is 4.74. The molecule has 12 heteroatoms. The Hall–Kier alpha value is -3.03. The average Bonchev–Trinajstić information content (AvgIpc) is 3.54. The molecule has 5 atom stereocenters. The molecule has 0 unspecified atom stereocenters. The predicted molar refractivity (Wildman–Crippen MR) is 117 cm³/mol. The van der Waals surface area contributed by atoms with Gasteiger partial charge in [-0.1, -0.05) is 23.4 Å². The van der Waals surface area contributed by atoms with Crippen LogP contribution in [0, 0.1) is 17.5 Å². The third-order valence-electron chi connectivity index (χ3n) is 6.53. The second-order valence-corrected chi connectivity index (χ2v) is 8.78. The van der Waals surface area contributed by atoms with Crippen molar-refractivity contribution in [2.24, 2.45) is 0 Å². The number of phenolic OH excluding ortho intramolecular Hbond substituents is 1. The molecule has 1 aromatic heterocycles. The van der Waals surface area contributed by atoms with E-state index in [1.54, 1.807) is 18.2 Å². The number of hydrogen-bond donors (Lipinski definition) is 3. The molecule has 2 saturated heterocycles. The van der Waals surface area contributed by atoms with Crippen molar-refractivity contribution in [3.8, 4) is 17.0 Å². The van der Waals surface area contributed by atoms with E-state index in [0.717, 1.165) is 12.1 Å². The number of nitrogens with zero attached hydrogens (tertiary/aromatic N) is 3. The topological polar surface area (TPSA) is 119 Å². The van der Waals surface area contributed by atoms with Crippen molar-refractivity contribution in [3.63, 3.8) is 0 Å². The number of aliphatic hydroxyl groups is 2. The summed E-state index contributed by atoms with van der Waals surface area (Å²) in [5.74, 6) is -5.68. The second kappa shape index (κ2) is 9.79. The maximum atomic E-state index is 13.8. The van der Waals surface area contributed by atoms with E-state index >= 15 is 0 Å². The highest BCUT2D eigenvalue weighted by Gasteiger charge is 2.58. The highest BCUT2D eigenvalue weighted by Crippen LogP contribution is 2.45. The zero-order chi connectivity index (χ0) is 25.4. The molecule has 3 aromatic rings. The van der Waals surface area contributed by atoms with Gasteiger partial charge in [0.2, 0.25) is 0 Å². The molecule has 9 nitrogen and oxygen atoms in total. The number of hydrogen-bond acceptors (Lipinski definition) is 8. The Labute approximate surface area is 203 Å². The number of ether oxygens (including phenoxy) is 3.